The zero-order chi connectivity index (χ0) is 15.7. The molecule has 4 nitrogen and oxygen atoms in total. The topological polar surface area (TPSA) is 55.6 Å². The van der Waals surface area contributed by atoms with E-state index in [0.29, 0.717) is 31.6 Å². The fourth-order valence-electron chi connectivity index (χ4n) is 2.45. The van der Waals surface area contributed by atoms with Gasteiger partial charge in [-0.3, -0.25) is 4.79 Å². The fraction of sp³-hybridized carbons (Fsp3) is 0.500. The molecule has 1 aromatic carbocycles. The molecule has 21 heavy (non-hydrogen) atoms. The van der Waals surface area contributed by atoms with Crippen LogP contribution in [0.4, 0.5) is 18.9 Å². The number of methoxy groups -OCH3 is 1. The van der Waals surface area contributed by atoms with Crippen molar-refractivity contribution in [2.45, 2.75) is 24.6 Å². The van der Waals surface area contributed by atoms with Crippen LogP contribution in [-0.2, 0) is 15.7 Å². The molecule has 0 radical (unpaired) electrons. The van der Waals surface area contributed by atoms with Crippen molar-refractivity contribution in [1.82, 2.24) is 0 Å². The smallest absolute Gasteiger partial charge is 0.416 e. The van der Waals surface area contributed by atoms with Crippen LogP contribution in [0.3, 0.4) is 0 Å². The second-order valence-corrected chi connectivity index (χ2v) is 5.18. The summed E-state index contributed by atoms with van der Waals surface area (Å²) in [5.74, 6) is -0.480. The van der Waals surface area contributed by atoms with Crippen LogP contribution in [0.25, 0.3) is 0 Å². The van der Waals surface area contributed by atoms with Gasteiger partial charge in [0.15, 0.2) is 0 Å². The van der Waals surface area contributed by atoms with E-state index in [2.05, 4.69) is 4.74 Å². The largest absolute Gasteiger partial charge is 0.468 e. The van der Waals surface area contributed by atoms with E-state index in [9.17, 15) is 18.0 Å². The van der Waals surface area contributed by atoms with Gasteiger partial charge in [0.05, 0.1) is 12.7 Å². The summed E-state index contributed by atoms with van der Waals surface area (Å²) in [6.45, 7) is 0.819. The maximum atomic E-state index is 12.7. The third-order valence-electron chi connectivity index (χ3n) is 3.79. The first-order chi connectivity index (χ1) is 9.76. The Bertz CT molecular complexity index is 523. The van der Waals surface area contributed by atoms with E-state index >= 15 is 0 Å². The number of piperidine rings is 1. The maximum Gasteiger partial charge on any atom is 0.416 e. The number of benzene rings is 1. The Hall–Kier alpha value is -1.76. The molecule has 0 bridgehead atoms. The number of esters is 1. The Kier molecular flexibility index (Phi) is 4.13. The van der Waals surface area contributed by atoms with Gasteiger partial charge in [0.25, 0.3) is 0 Å². The summed E-state index contributed by atoms with van der Waals surface area (Å²) in [5.41, 5.74) is 4.72. The summed E-state index contributed by atoms with van der Waals surface area (Å²) >= 11 is 0. The molecular weight excluding hydrogens is 285 g/mol. The number of hydrogen-bond acceptors (Lipinski definition) is 4. The molecule has 1 fully saturated rings. The molecule has 1 heterocycles. The van der Waals surface area contributed by atoms with Crippen LogP contribution in [0.15, 0.2) is 24.3 Å². The van der Waals surface area contributed by atoms with Gasteiger partial charge in [0.1, 0.15) is 5.54 Å². The van der Waals surface area contributed by atoms with Crippen molar-refractivity contribution in [3.8, 4) is 0 Å². The third kappa shape index (κ3) is 3.29. The average molecular weight is 302 g/mol. The van der Waals surface area contributed by atoms with Crippen LogP contribution in [0.2, 0.25) is 0 Å². The second kappa shape index (κ2) is 5.55. The summed E-state index contributed by atoms with van der Waals surface area (Å²) in [7, 11) is 1.27. The first-order valence-corrected chi connectivity index (χ1v) is 6.56. The summed E-state index contributed by atoms with van der Waals surface area (Å²) in [6, 6.07) is 5.15. The van der Waals surface area contributed by atoms with Gasteiger partial charge < -0.3 is 15.4 Å². The number of halogens is 3. The van der Waals surface area contributed by atoms with Gasteiger partial charge >= 0.3 is 12.1 Å². The van der Waals surface area contributed by atoms with E-state index < -0.39 is 23.2 Å². The molecule has 7 heteroatoms. The zero-order valence-electron chi connectivity index (χ0n) is 11.6. The Balaban J connectivity index is 2.11. The minimum absolute atomic E-state index is 0.343. The number of rotatable bonds is 2. The van der Waals surface area contributed by atoms with E-state index in [1.165, 1.54) is 13.2 Å². The molecule has 0 unspecified atom stereocenters. The molecule has 0 saturated carbocycles. The molecule has 0 aromatic heterocycles. The van der Waals surface area contributed by atoms with Crippen LogP contribution in [0.5, 0.6) is 0 Å². The standard InChI is InChI=1S/C14H17F3N2O2/c1-21-12(20)13(18)5-7-19(8-6-13)11-4-2-3-10(9-11)14(15,16)17/h2-4,9H,5-8,18H2,1H3. The van der Waals surface area contributed by atoms with E-state index in [-0.39, 0.29) is 0 Å². The Labute approximate surface area is 120 Å². The average Bonchev–Trinajstić information content (AvgIpc) is 2.46. The first kappa shape index (κ1) is 15.6. The Morgan fingerprint density at radius 1 is 1.33 bits per heavy atom. The van der Waals surface area contributed by atoms with Crippen molar-refractivity contribution in [3.63, 3.8) is 0 Å². The highest BCUT2D eigenvalue weighted by atomic mass is 19.4. The van der Waals surface area contributed by atoms with Gasteiger partial charge in [0.2, 0.25) is 0 Å². The zero-order valence-corrected chi connectivity index (χ0v) is 11.6. The maximum absolute atomic E-state index is 12.7. The van der Waals surface area contributed by atoms with Gasteiger partial charge in [-0.1, -0.05) is 6.07 Å². The molecule has 2 rings (SSSR count). The van der Waals surface area contributed by atoms with E-state index in [1.807, 2.05) is 0 Å². The van der Waals surface area contributed by atoms with Gasteiger partial charge in [-0.2, -0.15) is 13.2 Å². The number of carbonyl (C=O) groups excluding carboxylic acids is 1. The molecule has 0 amide bonds. The highest BCUT2D eigenvalue weighted by molar-refractivity contribution is 5.81. The minimum Gasteiger partial charge on any atom is -0.468 e. The van der Waals surface area contributed by atoms with Crippen LogP contribution in [0.1, 0.15) is 18.4 Å². The van der Waals surface area contributed by atoms with Crippen LogP contribution >= 0.6 is 0 Å². The molecule has 1 aliphatic heterocycles. The lowest BCUT2D eigenvalue weighted by Crippen LogP contribution is -2.56. The number of alkyl halides is 3. The number of hydrogen-bond donors (Lipinski definition) is 1. The molecule has 116 valence electrons. The molecule has 2 N–H and O–H groups in total. The molecule has 1 aliphatic rings. The van der Waals surface area contributed by atoms with Crippen molar-refractivity contribution >= 4 is 11.7 Å². The minimum atomic E-state index is -4.37. The monoisotopic (exact) mass is 302 g/mol. The Morgan fingerprint density at radius 3 is 2.48 bits per heavy atom. The predicted molar refractivity (Wildman–Crippen MR) is 71.8 cm³/mol. The first-order valence-electron chi connectivity index (χ1n) is 6.56. The lowest BCUT2D eigenvalue weighted by atomic mass is 9.88. The summed E-state index contributed by atoms with van der Waals surface area (Å²) in [6.07, 6.45) is -3.68. The van der Waals surface area contributed by atoms with Crippen molar-refractivity contribution < 1.29 is 22.7 Å². The second-order valence-electron chi connectivity index (χ2n) is 5.18. The molecule has 1 aromatic rings. The summed E-state index contributed by atoms with van der Waals surface area (Å²) in [5, 5.41) is 0. The highest BCUT2D eigenvalue weighted by Gasteiger charge is 2.39. The number of carbonyl (C=O) groups is 1. The number of anilines is 1. The number of ether oxygens (including phenoxy) is 1. The van der Waals surface area contributed by atoms with E-state index in [0.717, 1.165) is 12.1 Å². The molecule has 0 spiro atoms. The fourth-order valence-corrected chi connectivity index (χ4v) is 2.45. The molecular formula is C14H17F3N2O2. The van der Waals surface area contributed by atoms with Gasteiger partial charge in [0, 0.05) is 18.8 Å². The lowest BCUT2D eigenvalue weighted by molar-refractivity contribution is -0.147. The normalized spacial score (nSPS) is 18.4. The van der Waals surface area contributed by atoms with Gasteiger partial charge in [-0.15, -0.1) is 0 Å². The van der Waals surface area contributed by atoms with E-state index in [1.54, 1.807) is 11.0 Å². The van der Waals surface area contributed by atoms with Crippen molar-refractivity contribution in [2.75, 3.05) is 25.1 Å². The SMILES string of the molecule is COC(=O)C1(N)CCN(c2cccc(C(F)(F)F)c2)CC1. The number of nitrogens with zero attached hydrogens (tertiary/aromatic N) is 1. The lowest BCUT2D eigenvalue weighted by Gasteiger charge is -2.38. The van der Waals surface area contributed by atoms with Gasteiger partial charge in [-0.05, 0) is 31.0 Å². The van der Waals surface area contributed by atoms with Crippen LogP contribution in [0, 0.1) is 0 Å². The highest BCUT2D eigenvalue weighted by Crippen LogP contribution is 2.33. The van der Waals surface area contributed by atoms with Crippen LogP contribution < -0.4 is 10.6 Å². The van der Waals surface area contributed by atoms with Crippen LogP contribution in [-0.4, -0.2) is 31.7 Å². The van der Waals surface area contributed by atoms with Crippen molar-refractivity contribution in [1.29, 1.82) is 0 Å². The summed E-state index contributed by atoms with van der Waals surface area (Å²) in [4.78, 5) is 13.4. The van der Waals surface area contributed by atoms with E-state index in [4.69, 9.17) is 5.73 Å². The molecule has 0 aliphatic carbocycles. The summed E-state index contributed by atoms with van der Waals surface area (Å²) < 4.78 is 42.8. The van der Waals surface area contributed by atoms with Crippen molar-refractivity contribution in [2.24, 2.45) is 5.73 Å². The van der Waals surface area contributed by atoms with Gasteiger partial charge in [-0.25, -0.2) is 0 Å². The predicted octanol–water partition coefficient (Wildman–Crippen LogP) is 2.18. The third-order valence-corrected chi connectivity index (χ3v) is 3.79. The Morgan fingerprint density at radius 2 is 1.95 bits per heavy atom. The number of nitrogens with two attached hydrogens (primary N) is 1. The quantitative estimate of drug-likeness (QED) is 0.851. The molecule has 0 atom stereocenters. The van der Waals surface area contributed by atoms with Crippen molar-refractivity contribution in [3.05, 3.63) is 29.8 Å². The molecule has 1 saturated heterocycles.